The molecule has 0 aromatic heterocycles. The molecule has 2 heteroatoms. The molecule has 0 aromatic carbocycles. The zero-order chi connectivity index (χ0) is 18.4. The molecule has 0 heterocycles. The smallest absolute Gasteiger partial charge is 0.0636 e. The minimum absolute atomic E-state index is 0.212. The second-order valence-corrected chi connectivity index (χ2v) is 8.06. The maximum atomic E-state index is 9.14. The van der Waals surface area contributed by atoms with Crippen molar-refractivity contribution in [3.8, 4) is 0 Å². The average molecular weight is 356 g/mol. The van der Waals surface area contributed by atoms with Crippen molar-refractivity contribution < 1.29 is 5.11 Å². The fourth-order valence-corrected chi connectivity index (χ4v) is 3.46. The van der Waals surface area contributed by atoms with E-state index in [4.69, 9.17) is 5.11 Å². The first-order chi connectivity index (χ1) is 12.3. The minimum Gasteiger partial charge on any atom is -0.392 e. The maximum Gasteiger partial charge on any atom is 0.0636 e. The summed E-state index contributed by atoms with van der Waals surface area (Å²) in [7, 11) is 0. The van der Waals surface area contributed by atoms with E-state index in [1.165, 1.54) is 116 Å². The lowest BCUT2D eigenvalue weighted by Crippen LogP contribution is -2.25. The molecule has 0 rings (SSSR count). The van der Waals surface area contributed by atoms with Crippen molar-refractivity contribution in [2.24, 2.45) is 0 Å². The number of aliphatic hydroxyl groups is 1. The van der Waals surface area contributed by atoms with Crippen molar-refractivity contribution in [2.45, 2.75) is 136 Å². The first-order valence-corrected chi connectivity index (χ1v) is 11.7. The molecule has 1 unspecified atom stereocenters. The van der Waals surface area contributed by atoms with Crippen molar-refractivity contribution in [1.82, 2.24) is 5.32 Å². The largest absolute Gasteiger partial charge is 0.392 e. The molecule has 0 spiro atoms. The van der Waals surface area contributed by atoms with Crippen LogP contribution in [0.15, 0.2) is 0 Å². The highest BCUT2D eigenvalue weighted by Crippen LogP contribution is 2.14. The van der Waals surface area contributed by atoms with Crippen molar-refractivity contribution >= 4 is 0 Å². The van der Waals surface area contributed by atoms with Gasteiger partial charge in [-0.05, 0) is 19.9 Å². The fraction of sp³-hybridized carbons (Fsp3) is 1.00. The SMILES string of the molecule is CCCCCCCCCCCCCCCCCCCCNCC(C)O. The number of unbranched alkanes of at least 4 members (excludes halogenated alkanes) is 17. The van der Waals surface area contributed by atoms with E-state index in [-0.39, 0.29) is 6.10 Å². The molecule has 0 amide bonds. The van der Waals surface area contributed by atoms with Gasteiger partial charge in [-0.2, -0.15) is 0 Å². The highest BCUT2D eigenvalue weighted by atomic mass is 16.3. The van der Waals surface area contributed by atoms with Crippen LogP contribution in [0.3, 0.4) is 0 Å². The van der Waals surface area contributed by atoms with Crippen LogP contribution in [-0.2, 0) is 0 Å². The van der Waals surface area contributed by atoms with Gasteiger partial charge in [-0.25, -0.2) is 0 Å². The van der Waals surface area contributed by atoms with E-state index in [0.29, 0.717) is 0 Å². The minimum atomic E-state index is -0.212. The topological polar surface area (TPSA) is 32.3 Å². The Morgan fingerprint density at radius 1 is 0.560 bits per heavy atom. The maximum absolute atomic E-state index is 9.14. The lowest BCUT2D eigenvalue weighted by Gasteiger charge is -2.06. The Labute approximate surface area is 159 Å². The molecule has 0 fully saturated rings. The van der Waals surface area contributed by atoms with Crippen LogP contribution in [0.1, 0.15) is 129 Å². The first-order valence-electron chi connectivity index (χ1n) is 11.7. The zero-order valence-electron chi connectivity index (χ0n) is 17.7. The molecule has 0 aliphatic heterocycles. The second kappa shape index (κ2) is 22.0. The van der Waals surface area contributed by atoms with Gasteiger partial charge in [0.05, 0.1) is 6.10 Å². The Morgan fingerprint density at radius 2 is 0.880 bits per heavy atom. The van der Waals surface area contributed by atoms with Gasteiger partial charge in [0, 0.05) is 6.54 Å². The van der Waals surface area contributed by atoms with Crippen LogP contribution < -0.4 is 5.32 Å². The van der Waals surface area contributed by atoms with E-state index in [1.807, 2.05) is 6.92 Å². The highest BCUT2D eigenvalue weighted by molar-refractivity contribution is 4.54. The Balaban J connectivity index is 2.96. The van der Waals surface area contributed by atoms with Crippen molar-refractivity contribution in [3.63, 3.8) is 0 Å². The Kier molecular flexibility index (Phi) is 21.9. The van der Waals surface area contributed by atoms with E-state index in [2.05, 4.69) is 12.2 Å². The van der Waals surface area contributed by atoms with Crippen LogP contribution in [-0.4, -0.2) is 24.3 Å². The van der Waals surface area contributed by atoms with Crippen LogP contribution in [0.25, 0.3) is 0 Å². The van der Waals surface area contributed by atoms with Gasteiger partial charge in [-0.3, -0.25) is 0 Å². The Hall–Kier alpha value is -0.0800. The molecule has 0 aliphatic carbocycles. The summed E-state index contributed by atoms with van der Waals surface area (Å²) < 4.78 is 0. The van der Waals surface area contributed by atoms with Crippen molar-refractivity contribution in [3.05, 3.63) is 0 Å². The van der Waals surface area contributed by atoms with Gasteiger partial charge in [-0.1, -0.05) is 116 Å². The van der Waals surface area contributed by atoms with Gasteiger partial charge < -0.3 is 10.4 Å². The number of nitrogens with one attached hydrogen (secondary N) is 1. The fourth-order valence-electron chi connectivity index (χ4n) is 3.46. The van der Waals surface area contributed by atoms with Crippen molar-refractivity contribution in [2.75, 3.05) is 13.1 Å². The van der Waals surface area contributed by atoms with E-state index >= 15 is 0 Å². The summed E-state index contributed by atoms with van der Waals surface area (Å²) in [4.78, 5) is 0. The standard InChI is InChI=1S/C23H49NO/c1-3-4-5-6-7-8-9-10-11-12-13-14-15-16-17-18-19-20-21-24-22-23(2)25/h23-25H,3-22H2,1-2H3. The lowest BCUT2D eigenvalue weighted by atomic mass is 10.0. The lowest BCUT2D eigenvalue weighted by molar-refractivity contribution is 0.191. The van der Waals surface area contributed by atoms with Crippen LogP contribution in [0.5, 0.6) is 0 Å². The molecule has 1 atom stereocenters. The molecule has 0 bridgehead atoms. The predicted octanol–water partition coefficient (Wildman–Crippen LogP) is 7.00. The zero-order valence-corrected chi connectivity index (χ0v) is 17.7. The van der Waals surface area contributed by atoms with Gasteiger partial charge >= 0.3 is 0 Å². The number of hydrogen-bond acceptors (Lipinski definition) is 2. The molecule has 0 saturated heterocycles. The van der Waals surface area contributed by atoms with E-state index in [0.717, 1.165) is 13.1 Å². The summed E-state index contributed by atoms with van der Waals surface area (Å²) in [6.45, 7) is 5.92. The Bertz CT molecular complexity index is 230. The van der Waals surface area contributed by atoms with Crippen LogP contribution in [0, 0.1) is 0 Å². The van der Waals surface area contributed by atoms with E-state index in [1.54, 1.807) is 0 Å². The van der Waals surface area contributed by atoms with Crippen LogP contribution >= 0.6 is 0 Å². The van der Waals surface area contributed by atoms with E-state index in [9.17, 15) is 0 Å². The van der Waals surface area contributed by atoms with Gasteiger partial charge in [0.2, 0.25) is 0 Å². The van der Waals surface area contributed by atoms with Crippen LogP contribution in [0.4, 0.5) is 0 Å². The predicted molar refractivity (Wildman–Crippen MR) is 113 cm³/mol. The molecule has 2 nitrogen and oxygen atoms in total. The third kappa shape index (κ3) is 23.9. The molecule has 2 N–H and O–H groups in total. The van der Waals surface area contributed by atoms with Crippen molar-refractivity contribution in [1.29, 1.82) is 0 Å². The summed E-state index contributed by atoms with van der Waals surface area (Å²) in [6.07, 6.45) is 25.5. The quantitative estimate of drug-likeness (QED) is 0.217. The third-order valence-corrected chi connectivity index (χ3v) is 5.15. The molecule has 0 radical (unpaired) electrons. The molecule has 152 valence electrons. The monoisotopic (exact) mass is 355 g/mol. The number of hydrogen-bond donors (Lipinski definition) is 2. The molecule has 0 saturated carbocycles. The molecule has 25 heavy (non-hydrogen) atoms. The summed E-state index contributed by atoms with van der Waals surface area (Å²) in [5.41, 5.74) is 0. The second-order valence-electron chi connectivity index (χ2n) is 8.06. The molecular weight excluding hydrogens is 306 g/mol. The normalized spacial score (nSPS) is 12.6. The van der Waals surface area contributed by atoms with Gasteiger partial charge in [-0.15, -0.1) is 0 Å². The van der Waals surface area contributed by atoms with Gasteiger partial charge in [0.15, 0.2) is 0 Å². The summed E-state index contributed by atoms with van der Waals surface area (Å²) >= 11 is 0. The Morgan fingerprint density at radius 3 is 1.20 bits per heavy atom. The molecule has 0 aliphatic rings. The number of aliphatic hydroxyl groups excluding tert-OH is 1. The summed E-state index contributed by atoms with van der Waals surface area (Å²) in [5.74, 6) is 0. The summed E-state index contributed by atoms with van der Waals surface area (Å²) in [6, 6.07) is 0. The molecular formula is C23H49NO. The van der Waals surface area contributed by atoms with E-state index < -0.39 is 0 Å². The summed E-state index contributed by atoms with van der Waals surface area (Å²) in [5, 5.41) is 12.4. The first kappa shape index (κ1) is 24.9. The van der Waals surface area contributed by atoms with Gasteiger partial charge in [0.1, 0.15) is 0 Å². The molecule has 0 aromatic rings. The van der Waals surface area contributed by atoms with Crippen LogP contribution in [0.2, 0.25) is 0 Å². The third-order valence-electron chi connectivity index (χ3n) is 5.15. The number of rotatable bonds is 21. The van der Waals surface area contributed by atoms with Gasteiger partial charge in [0.25, 0.3) is 0 Å². The highest BCUT2D eigenvalue weighted by Gasteiger charge is 1.96. The average Bonchev–Trinajstić information content (AvgIpc) is 2.60.